The molecular weight excluding hydrogens is 295 g/mol. The van der Waals surface area contributed by atoms with Crippen LogP contribution in [-0.4, -0.2) is 19.3 Å². The lowest BCUT2D eigenvalue weighted by atomic mass is 10.0. The summed E-state index contributed by atoms with van der Waals surface area (Å²) in [6.07, 6.45) is 1.94. The van der Waals surface area contributed by atoms with Gasteiger partial charge in [-0.1, -0.05) is 23.7 Å². The van der Waals surface area contributed by atoms with Gasteiger partial charge < -0.3 is 10.3 Å². The fraction of sp³-hybridized carbons (Fsp3) is 0.357. The average molecular weight is 310 g/mol. The van der Waals surface area contributed by atoms with Gasteiger partial charge in [-0.05, 0) is 30.5 Å². The van der Waals surface area contributed by atoms with Crippen LogP contribution >= 0.6 is 0 Å². The topological polar surface area (TPSA) is 86.2 Å². The Morgan fingerprint density at radius 3 is 2.86 bits per heavy atom. The van der Waals surface area contributed by atoms with E-state index in [-0.39, 0.29) is 17.3 Å². The maximum atomic E-state index is 13.4. The number of nitrogens with two attached hydrogens (primary N) is 1. The second kappa shape index (κ2) is 5.14. The Morgan fingerprint density at radius 1 is 1.33 bits per heavy atom. The molecule has 112 valence electrons. The highest BCUT2D eigenvalue weighted by molar-refractivity contribution is 7.91. The van der Waals surface area contributed by atoms with E-state index in [9.17, 15) is 12.8 Å². The van der Waals surface area contributed by atoms with Crippen LogP contribution in [0.5, 0.6) is 0 Å². The molecule has 2 aromatic rings. The number of anilines is 1. The molecule has 0 spiro atoms. The zero-order valence-corrected chi connectivity index (χ0v) is 12.1. The summed E-state index contributed by atoms with van der Waals surface area (Å²) in [5.41, 5.74) is 6.92. The van der Waals surface area contributed by atoms with Crippen molar-refractivity contribution in [1.29, 1.82) is 0 Å². The third kappa shape index (κ3) is 2.53. The van der Waals surface area contributed by atoms with Gasteiger partial charge in [-0.15, -0.1) is 0 Å². The van der Waals surface area contributed by atoms with E-state index in [0.717, 1.165) is 6.42 Å². The molecule has 1 aromatic heterocycles. The van der Waals surface area contributed by atoms with E-state index in [1.165, 1.54) is 18.2 Å². The Morgan fingerprint density at radius 2 is 2.14 bits per heavy atom. The molecule has 3 rings (SSSR count). The molecule has 0 bridgehead atoms. The summed E-state index contributed by atoms with van der Waals surface area (Å²) in [5.74, 6) is -0.283. The van der Waals surface area contributed by atoms with E-state index in [1.807, 2.05) is 0 Å². The highest BCUT2D eigenvalue weighted by atomic mass is 32.2. The number of nitrogens with zero attached hydrogens (tertiary/aromatic N) is 1. The molecule has 5 nitrogen and oxygen atoms in total. The minimum absolute atomic E-state index is 0.0105. The van der Waals surface area contributed by atoms with Gasteiger partial charge >= 0.3 is 0 Å². The number of hydrogen-bond acceptors (Lipinski definition) is 5. The van der Waals surface area contributed by atoms with Crippen LogP contribution in [0.15, 0.2) is 28.8 Å². The van der Waals surface area contributed by atoms with Crippen molar-refractivity contribution in [3.05, 3.63) is 35.8 Å². The van der Waals surface area contributed by atoms with Crippen LogP contribution in [0.1, 0.15) is 30.2 Å². The van der Waals surface area contributed by atoms with Gasteiger partial charge in [-0.3, -0.25) is 0 Å². The first-order valence-electron chi connectivity index (χ1n) is 6.71. The van der Waals surface area contributed by atoms with Crippen molar-refractivity contribution in [3.63, 3.8) is 0 Å². The van der Waals surface area contributed by atoms with Crippen molar-refractivity contribution in [2.45, 2.75) is 24.5 Å². The Hall–Kier alpha value is -1.89. The van der Waals surface area contributed by atoms with E-state index < -0.39 is 20.9 Å². The fourth-order valence-corrected chi connectivity index (χ4v) is 4.65. The summed E-state index contributed by atoms with van der Waals surface area (Å²) in [7, 11) is -3.28. The minimum atomic E-state index is -3.28. The average Bonchev–Trinajstić information content (AvgIpc) is 2.80. The molecule has 2 heterocycles. The number of nitrogen functional groups attached to an aromatic ring is 1. The Balaban J connectivity index is 2.13. The summed E-state index contributed by atoms with van der Waals surface area (Å²) in [4.78, 5) is 0. The minimum Gasteiger partial charge on any atom is -0.367 e. The second-order valence-corrected chi connectivity index (χ2v) is 7.47. The monoisotopic (exact) mass is 310 g/mol. The SMILES string of the molecule is Nc1onc(C2CCCCS2(=O)=O)c1-c1cccc(F)c1. The number of rotatable bonds is 2. The van der Waals surface area contributed by atoms with Crippen molar-refractivity contribution in [1.82, 2.24) is 5.16 Å². The molecule has 1 aliphatic heterocycles. The quantitative estimate of drug-likeness (QED) is 0.921. The summed E-state index contributed by atoms with van der Waals surface area (Å²) in [5, 5.41) is 3.11. The molecule has 1 fully saturated rings. The molecule has 7 heteroatoms. The van der Waals surface area contributed by atoms with E-state index in [4.69, 9.17) is 10.3 Å². The van der Waals surface area contributed by atoms with Crippen LogP contribution < -0.4 is 5.73 Å². The molecule has 0 aliphatic carbocycles. The number of halogens is 1. The van der Waals surface area contributed by atoms with Gasteiger partial charge in [-0.25, -0.2) is 12.8 Å². The molecule has 2 N–H and O–H groups in total. The molecule has 21 heavy (non-hydrogen) atoms. The third-order valence-corrected chi connectivity index (χ3v) is 5.93. The number of aromatic nitrogens is 1. The summed E-state index contributed by atoms with van der Waals surface area (Å²) >= 11 is 0. The molecule has 0 amide bonds. The van der Waals surface area contributed by atoms with Crippen molar-refractivity contribution < 1.29 is 17.3 Å². The third-order valence-electron chi connectivity index (χ3n) is 3.74. The van der Waals surface area contributed by atoms with Crippen molar-refractivity contribution in [2.24, 2.45) is 0 Å². The van der Waals surface area contributed by atoms with E-state index in [2.05, 4.69) is 5.16 Å². The second-order valence-electron chi connectivity index (χ2n) is 5.17. The lowest BCUT2D eigenvalue weighted by molar-refractivity contribution is 0.421. The van der Waals surface area contributed by atoms with Crippen LogP contribution in [0.25, 0.3) is 11.1 Å². The van der Waals surface area contributed by atoms with Gasteiger partial charge in [-0.2, -0.15) is 0 Å². The lowest BCUT2D eigenvalue weighted by Crippen LogP contribution is -2.22. The standard InChI is InChI=1S/C14H15FN2O3S/c15-10-5-3-4-9(8-10)12-13(17-20-14(12)16)11-6-1-2-7-21(11,18)19/h3-5,8,11H,1-2,6-7,16H2. The van der Waals surface area contributed by atoms with Crippen LogP contribution in [0.3, 0.4) is 0 Å². The maximum Gasteiger partial charge on any atom is 0.230 e. The molecular formula is C14H15FN2O3S. The van der Waals surface area contributed by atoms with Gasteiger partial charge in [0.05, 0.1) is 11.3 Å². The molecule has 1 saturated heterocycles. The predicted octanol–water partition coefficient (Wildman–Crippen LogP) is 2.70. The molecule has 1 unspecified atom stereocenters. The summed E-state index contributed by atoms with van der Waals surface area (Å²) in [6.45, 7) is 0. The molecule has 1 atom stereocenters. The zero-order chi connectivity index (χ0) is 15.0. The molecule has 0 saturated carbocycles. The smallest absolute Gasteiger partial charge is 0.230 e. The van der Waals surface area contributed by atoms with Crippen LogP contribution in [0.2, 0.25) is 0 Å². The fourth-order valence-electron chi connectivity index (χ4n) is 2.73. The van der Waals surface area contributed by atoms with E-state index in [0.29, 0.717) is 24.0 Å². The van der Waals surface area contributed by atoms with Gasteiger partial charge in [0.1, 0.15) is 16.8 Å². The normalized spacial score (nSPS) is 21.3. The van der Waals surface area contributed by atoms with E-state index in [1.54, 1.807) is 6.07 Å². The molecule has 1 aromatic carbocycles. The number of hydrogen-bond donors (Lipinski definition) is 1. The Bertz CT molecular complexity index is 770. The van der Waals surface area contributed by atoms with E-state index >= 15 is 0 Å². The first kappa shape index (κ1) is 14.1. The molecule has 0 radical (unpaired) electrons. The van der Waals surface area contributed by atoms with Crippen molar-refractivity contribution >= 4 is 15.7 Å². The summed E-state index contributed by atoms with van der Waals surface area (Å²) in [6, 6.07) is 5.80. The summed E-state index contributed by atoms with van der Waals surface area (Å²) < 4.78 is 42.9. The van der Waals surface area contributed by atoms with Crippen LogP contribution in [0, 0.1) is 5.82 Å². The van der Waals surface area contributed by atoms with Crippen LogP contribution in [-0.2, 0) is 9.84 Å². The van der Waals surface area contributed by atoms with Gasteiger partial charge in [0, 0.05) is 0 Å². The zero-order valence-electron chi connectivity index (χ0n) is 11.3. The van der Waals surface area contributed by atoms with Crippen molar-refractivity contribution in [3.8, 4) is 11.1 Å². The predicted molar refractivity (Wildman–Crippen MR) is 76.7 cm³/mol. The Kier molecular flexibility index (Phi) is 3.44. The first-order chi connectivity index (χ1) is 9.99. The van der Waals surface area contributed by atoms with Gasteiger partial charge in [0.25, 0.3) is 0 Å². The highest BCUT2D eigenvalue weighted by Gasteiger charge is 2.35. The first-order valence-corrected chi connectivity index (χ1v) is 8.43. The highest BCUT2D eigenvalue weighted by Crippen LogP contribution is 2.40. The van der Waals surface area contributed by atoms with Gasteiger partial charge in [0.2, 0.25) is 5.88 Å². The maximum absolute atomic E-state index is 13.4. The molecule has 1 aliphatic rings. The number of benzene rings is 1. The Labute approximate surface area is 121 Å². The van der Waals surface area contributed by atoms with Crippen molar-refractivity contribution in [2.75, 3.05) is 11.5 Å². The van der Waals surface area contributed by atoms with Gasteiger partial charge in [0.15, 0.2) is 9.84 Å². The lowest BCUT2D eigenvalue weighted by Gasteiger charge is -2.21. The number of sulfone groups is 1. The largest absolute Gasteiger partial charge is 0.367 e. The van der Waals surface area contributed by atoms with Crippen LogP contribution in [0.4, 0.5) is 10.3 Å².